The van der Waals surface area contributed by atoms with E-state index in [1.54, 1.807) is 12.3 Å². The molecule has 1 unspecified atom stereocenters. The Kier molecular flexibility index (Phi) is 7.34. The highest BCUT2D eigenvalue weighted by Crippen LogP contribution is 2.30. The summed E-state index contributed by atoms with van der Waals surface area (Å²) in [6.45, 7) is 1.72. The number of nitrogens with one attached hydrogen (secondary N) is 2. The maximum atomic E-state index is 13.2. The van der Waals surface area contributed by atoms with E-state index in [0.29, 0.717) is 19.3 Å². The molecule has 3 aromatic rings. The summed E-state index contributed by atoms with van der Waals surface area (Å²) in [6, 6.07) is 9.50. The van der Waals surface area contributed by atoms with Crippen LogP contribution >= 0.6 is 0 Å². The zero-order valence-corrected chi connectivity index (χ0v) is 19.7. The van der Waals surface area contributed by atoms with Crippen molar-refractivity contribution in [3.63, 3.8) is 0 Å². The fourth-order valence-electron chi connectivity index (χ4n) is 4.18. The van der Waals surface area contributed by atoms with Gasteiger partial charge in [-0.05, 0) is 41.5 Å². The number of furan rings is 1. The smallest absolute Gasteiger partial charge is 0.398 e. The van der Waals surface area contributed by atoms with Crippen LogP contribution in [0.15, 0.2) is 58.1 Å². The summed E-state index contributed by atoms with van der Waals surface area (Å²) < 4.78 is 35.2. The molecule has 0 saturated heterocycles. The number of hydrogen-bond acceptors (Lipinski definition) is 10. The second kappa shape index (κ2) is 10.4. The second-order valence-corrected chi connectivity index (χ2v) is 9.82. The quantitative estimate of drug-likeness (QED) is 0.280. The van der Waals surface area contributed by atoms with E-state index in [1.807, 2.05) is 25.1 Å². The van der Waals surface area contributed by atoms with Gasteiger partial charge in [-0.2, -0.15) is 13.9 Å². The van der Waals surface area contributed by atoms with E-state index in [1.165, 1.54) is 12.5 Å². The molecular formula is C23H25N5O6S. The SMILES string of the molecule is Cc1cccc(Cc2coc(C(=O)c3cncnc3N[C@@H]3CC(COS(=O)(=O)N=N)[C@@H](O)C3)c2)c1. The maximum Gasteiger partial charge on any atom is 0.398 e. The molecule has 1 aromatic carbocycles. The van der Waals surface area contributed by atoms with E-state index in [0.717, 1.165) is 16.7 Å². The molecule has 0 bridgehead atoms. The van der Waals surface area contributed by atoms with Crippen LogP contribution in [0.4, 0.5) is 5.82 Å². The van der Waals surface area contributed by atoms with Crippen molar-refractivity contribution in [2.24, 2.45) is 10.4 Å². The van der Waals surface area contributed by atoms with Crippen molar-refractivity contribution < 1.29 is 26.9 Å². The molecule has 1 aliphatic carbocycles. The minimum absolute atomic E-state index is 0.160. The van der Waals surface area contributed by atoms with Crippen molar-refractivity contribution in [3.05, 3.63) is 77.1 Å². The highest BCUT2D eigenvalue weighted by atomic mass is 32.2. The Morgan fingerprint density at radius 1 is 1.31 bits per heavy atom. The number of anilines is 1. The molecule has 2 aromatic heterocycles. The average molecular weight is 500 g/mol. The summed E-state index contributed by atoms with van der Waals surface area (Å²) in [5.74, 6) is -0.425. The van der Waals surface area contributed by atoms with Gasteiger partial charge in [0.15, 0.2) is 5.76 Å². The third-order valence-electron chi connectivity index (χ3n) is 5.87. The van der Waals surface area contributed by atoms with Crippen LogP contribution in [0.1, 0.15) is 45.7 Å². The first-order chi connectivity index (χ1) is 16.7. The highest BCUT2D eigenvalue weighted by molar-refractivity contribution is 7.85. The number of aliphatic hydroxyl groups is 1. The molecule has 1 aliphatic rings. The molecule has 184 valence electrons. The number of aromatic nitrogens is 2. The Balaban J connectivity index is 1.43. The number of rotatable bonds is 10. The predicted molar refractivity (Wildman–Crippen MR) is 124 cm³/mol. The molecule has 1 saturated carbocycles. The van der Waals surface area contributed by atoms with Crippen molar-refractivity contribution in [3.8, 4) is 0 Å². The van der Waals surface area contributed by atoms with Crippen LogP contribution in [0, 0.1) is 18.4 Å². The molecule has 0 spiro atoms. The summed E-state index contributed by atoms with van der Waals surface area (Å²) in [5.41, 5.74) is 9.94. The van der Waals surface area contributed by atoms with E-state index >= 15 is 0 Å². The van der Waals surface area contributed by atoms with Gasteiger partial charge in [0.1, 0.15) is 12.1 Å². The largest absolute Gasteiger partial charge is 0.461 e. The molecule has 1 fully saturated rings. The van der Waals surface area contributed by atoms with Crippen LogP contribution < -0.4 is 5.32 Å². The lowest BCUT2D eigenvalue weighted by atomic mass is 10.0. The predicted octanol–water partition coefficient (Wildman–Crippen LogP) is 3.04. The molecule has 2 heterocycles. The number of benzene rings is 1. The van der Waals surface area contributed by atoms with Crippen LogP contribution in [0.5, 0.6) is 0 Å². The minimum Gasteiger partial charge on any atom is -0.461 e. The Morgan fingerprint density at radius 2 is 2.14 bits per heavy atom. The summed E-state index contributed by atoms with van der Waals surface area (Å²) in [5, 5.41) is 13.4. The summed E-state index contributed by atoms with van der Waals surface area (Å²) >= 11 is 0. The lowest BCUT2D eigenvalue weighted by molar-refractivity contribution is 0.100. The monoisotopic (exact) mass is 499 g/mol. The van der Waals surface area contributed by atoms with Gasteiger partial charge in [-0.1, -0.05) is 29.8 Å². The Labute approximate surface area is 202 Å². The molecule has 3 atom stereocenters. The number of carbonyl (C=O) groups excluding carboxylic acids is 1. The van der Waals surface area contributed by atoms with Crippen LogP contribution in [0.3, 0.4) is 0 Å². The number of carbonyl (C=O) groups is 1. The van der Waals surface area contributed by atoms with Crippen molar-refractivity contribution in [1.82, 2.24) is 9.97 Å². The second-order valence-electron chi connectivity index (χ2n) is 8.54. The first-order valence-electron chi connectivity index (χ1n) is 10.9. The summed E-state index contributed by atoms with van der Waals surface area (Å²) in [6.07, 6.45) is 4.72. The van der Waals surface area contributed by atoms with E-state index in [-0.39, 0.29) is 35.6 Å². The van der Waals surface area contributed by atoms with Gasteiger partial charge in [-0.15, -0.1) is 0 Å². The van der Waals surface area contributed by atoms with Crippen LogP contribution in [0.25, 0.3) is 0 Å². The van der Waals surface area contributed by atoms with Crippen LogP contribution in [-0.4, -0.2) is 48.0 Å². The number of aliphatic hydroxyl groups excluding tert-OH is 1. The number of hydrogen-bond donors (Lipinski definition) is 3. The maximum absolute atomic E-state index is 13.2. The van der Waals surface area contributed by atoms with Crippen molar-refractivity contribution in [2.75, 3.05) is 11.9 Å². The van der Waals surface area contributed by atoms with Crippen molar-refractivity contribution >= 4 is 21.9 Å². The lowest BCUT2D eigenvalue weighted by Gasteiger charge is -2.15. The van der Waals surface area contributed by atoms with E-state index < -0.39 is 22.3 Å². The standard InChI is InChI=1S/C23H25N5O6S/c1-14-3-2-4-15(5-14)6-16-7-21(33-11-16)22(30)19-10-25-13-26-23(19)27-18-8-17(20(29)9-18)12-34-35(31,32)28-24/h2-5,7,10-11,13,17-18,20,24,29H,6,8-9,12H2,1H3,(H,25,26,27)/t17?,18-,20+/m1/s1. The Hall–Kier alpha value is -3.48. The van der Waals surface area contributed by atoms with Gasteiger partial charge in [0, 0.05) is 24.6 Å². The van der Waals surface area contributed by atoms with Crippen molar-refractivity contribution in [1.29, 1.82) is 5.53 Å². The van der Waals surface area contributed by atoms with Gasteiger partial charge in [-0.3, -0.25) is 8.98 Å². The van der Waals surface area contributed by atoms with Crippen LogP contribution in [-0.2, 0) is 20.9 Å². The Morgan fingerprint density at radius 3 is 2.91 bits per heavy atom. The fraction of sp³-hybridized carbons (Fsp3) is 0.348. The third-order valence-corrected chi connectivity index (χ3v) is 6.52. The van der Waals surface area contributed by atoms with Gasteiger partial charge < -0.3 is 14.8 Å². The number of aryl methyl sites for hydroxylation is 1. The molecule has 35 heavy (non-hydrogen) atoms. The Bertz CT molecular complexity index is 1330. The molecular weight excluding hydrogens is 474 g/mol. The normalized spacial score (nSPS) is 20.0. The van der Waals surface area contributed by atoms with Crippen molar-refractivity contribution in [2.45, 2.75) is 38.3 Å². The van der Waals surface area contributed by atoms with Gasteiger partial charge in [-0.25, -0.2) is 9.97 Å². The van der Waals surface area contributed by atoms with Gasteiger partial charge in [0.25, 0.3) is 0 Å². The highest BCUT2D eigenvalue weighted by Gasteiger charge is 2.35. The summed E-state index contributed by atoms with van der Waals surface area (Å²) in [4.78, 5) is 21.3. The van der Waals surface area contributed by atoms with Gasteiger partial charge >= 0.3 is 10.3 Å². The minimum atomic E-state index is -4.29. The molecule has 4 rings (SSSR count). The molecule has 3 N–H and O–H groups in total. The third kappa shape index (κ3) is 6.15. The fourth-order valence-corrected chi connectivity index (χ4v) is 4.58. The number of nitrogens with zero attached hydrogens (tertiary/aromatic N) is 3. The topological polar surface area (TPSA) is 168 Å². The first kappa shape index (κ1) is 24.6. The lowest BCUT2D eigenvalue weighted by Crippen LogP contribution is -2.20. The summed E-state index contributed by atoms with van der Waals surface area (Å²) in [7, 11) is -4.29. The molecule has 0 amide bonds. The van der Waals surface area contributed by atoms with E-state index in [2.05, 4.69) is 30.1 Å². The first-order valence-corrected chi connectivity index (χ1v) is 12.3. The van der Waals surface area contributed by atoms with Gasteiger partial charge in [0.05, 0.1) is 24.5 Å². The molecule has 0 aliphatic heterocycles. The van der Waals surface area contributed by atoms with E-state index in [9.17, 15) is 18.3 Å². The van der Waals surface area contributed by atoms with E-state index in [4.69, 9.17) is 9.95 Å². The molecule has 0 radical (unpaired) electrons. The van der Waals surface area contributed by atoms with Crippen LogP contribution in [0.2, 0.25) is 0 Å². The zero-order valence-electron chi connectivity index (χ0n) is 18.9. The van der Waals surface area contributed by atoms with Gasteiger partial charge in [0.2, 0.25) is 5.78 Å². The average Bonchev–Trinajstić information content (AvgIpc) is 3.44. The molecule has 12 heteroatoms. The molecule has 11 nitrogen and oxygen atoms in total. The number of ketones is 1. The zero-order chi connectivity index (χ0) is 25.0.